The van der Waals surface area contributed by atoms with Crippen LogP contribution in [0.5, 0.6) is 0 Å². The summed E-state index contributed by atoms with van der Waals surface area (Å²) in [6.07, 6.45) is 0. The number of methoxy groups -OCH3 is 3. The summed E-state index contributed by atoms with van der Waals surface area (Å²) in [5, 5.41) is 2.91. The van der Waals surface area contributed by atoms with E-state index in [0.717, 1.165) is 21.3 Å². The summed E-state index contributed by atoms with van der Waals surface area (Å²) in [6.45, 7) is 1.43. The van der Waals surface area contributed by atoms with E-state index in [9.17, 15) is 19.2 Å². The van der Waals surface area contributed by atoms with Gasteiger partial charge < -0.3 is 19.5 Å². The molecule has 1 amide bonds. The second-order valence-electron chi connectivity index (χ2n) is 5.36. The molecule has 0 saturated heterocycles. The molecular formula is C17H20ClNO7. The Hall–Kier alpha value is -2.61. The third kappa shape index (κ3) is 5.19. The van der Waals surface area contributed by atoms with Gasteiger partial charge in [-0.3, -0.25) is 14.4 Å². The summed E-state index contributed by atoms with van der Waals surface area (Å²) in [5.41, 5.74) is 0.239. The van der Waals surface area contributed by atoms with Crippen molar-refractivity contribution in [3.05, 3.63) is 34.9 Å². The highest BCUT2D eigenvalue weighted by Crippen LogP contribution is 2.21. The van der Waals surface area contributed by atoms with E-state index in [-0.39, 0.29) is 5.56 Å². The lowest BCUT2D eigenvalue weighted by molar-refractivity contribution is -0.162. The van der Waals surface area contributed by atoms with Crippen LogP contribution in [0.2, 0.25) is 5.02 Å². The number of amides is 1. The number of carbonyl (C=O) groups is 4. The molecule has 0 aliphatic heterocycles. The normalized spacial score (nSPS) is 12.7. The zero-order chi connectivity index (χ0) is 19.9. The number of benzene rings is 1. The summed E-state index contributed by atoms with van der Waals surface area (Å²) < 4.78 is 13.9. The topological polar surface area (TPSA) is 108 Å². The maximum absolute atomic E-state index is 12.4. The molecule has 1 aromatic rings. The number of nitrogens with one attached hydrogen (secondary N) is 1. The Morgan fingerprint density at radius 2 is 1.35 bits per heavy atom. The predicted octanol–water partition coefficient (Wildman–Crippen LogP) is 1.21. The molecule has 1 N–H and O–H groups in total. The monoisotopic (exact) mass is 385 g/mol. The average molecular weight is 386 g/mol. The molecule has 0 saturated carbocycles. The van der Waals surface area contributed by atoms with Crippen LogP contribution in [-0.4, -0.2) is 51.2 Å². The van der Waals surface area contributed by atoms with Crippen LogP contribution in [0.1, 0.15) is 17.3 Å². The van der Waals surface area contributed by atoms with Crippen molar-refractivity contribution in [1.82, 2.24) is 5.32 Å². The number of hydrogen-bond acceptors (Lipinski definition) is 7. The molecule has 9 heteroatoms. The Kier molecular flexibility index (Phi) is 8.05. The van der Waals surface area contributed by atoms with Crippen molar-refractivity contribution < 1.29 is 33.4 Å². The largest absolute Gasteiger partial charge is 0.468 e. The number of hydrogen-bond donors (Lipinski definition) is 1. The van der Waals surface area contributed by atoms with Crippen LogP contribution in [0.15, 0.2) is 24.3 Å². The Morgan fingerprint density at radius 1 is 0.885 bits per heavy atom. The molecule has 0 radical (unpaired) electrons. The number of rotatable bonds is 7. The molecule has 142 valence electrons. The van der Waals surface area contributed by atoms with Crippen molar-refractivity contribution in [1.29, 1.82) is 0 Å². The van der Waals surface area contributed by atoms with Crippen molar-refractivity contribution in [2.75, 3.05) is 21.3 Å². The van der Waals surface area contributed by atoms with Crippen molar-refractivity contribution in [3.8, 4) is 0 Å². The first-order valence-electron chi connectivity index (χ1n) is 7.56. The smallest absolute Gasteiger partial charge is 0.328 e. The lowest BCUT2D eigenvalue weighted by Crippen LogP contribution is -2.51. The van der Waals surface area contributed by atoms with E-state index in [1.807, 2.05) is 0 Å². The van der Waals surface area contributed by atoms with E-state index in [4.69, 9.17) is 11.6 Å². The van der Waals surface area contributed by atoms with E-state index in [1.165, 1.54) is 31.2 Å². The fourth-order valence-corrected chi connectivity index (χ4v) is 2.46. The van der Waals surface area contributed by atoms with Crippen LogP contribution in [0.25, 0.3) is 0 Å². The molecule has 0 bridgehead atoms. The fourth-order valence-electron chi connectivity index (χ4n) is 2.33. The first-order chi connectivity index (χ1) is 12.3. The molecule has 0 aromatic heterocycles. The summed E-state index contributed by atoms with van der Waals surface area (Å²) in [4.78, 5) is 48.5. The zero-order valence-corrected chi connectivity index (χ0v) is 15.5. The molecule has 1 rings (SSSR count). The highest BCUT2D eigenvalue weighted by molar-refractivity contribution is 6.30. The highest BCUT2D eigenvalue weighted by atomic mass is 35.5. The SMILES string of the molecule is COC(=O)C(C(=O)OC)[C@H](C)[C@@H](NC(=O)c1ccc(Cl)cc1)C(=O)OC. The van der Waals surface area contributed by atoms with Crippen molar-refractivity contribution >= 4 is 35.4 Å². The van der Waals surface area contributed by atoms with Gasteiger partial charge in [-0.15, -0.1) is 0 Å². The minimum Gasteiger partial charge on any atom is -0.468 e. The number of ether oxygens (including phenoxy) is 3. The van der Waals surface area contributed by atoms with Gasteiger partial charge in [0.25, 0.3) is 5.91 Å². The van der Waals surface area contributed by atoms with Crippen LogP contribution < -0.4 is 5.32 Å². The van der Waals surface area contributed by atoms with Crippen LogP contribution >= 0.6 is 11.6 Å². The molecule has 0 aliphatic carbocycles. The van der Waals surface area contributed by atoms with Gasteiger partial charge in [0.2, 0.25) is 0 Å². The second kappa shape index (κ2) is 9.76. The molecule has 26 heavy (non-hydrogen) atoms. The average Bonchev–Trinajstić information content (AvgIpc) is 2.65. The molecule has 0 heterocycles. The maximum Gasteiger partial charge on any atom is 0.328 e. The Balaban J connectivity index is 3.12. The molecule has 8 nitrogen and oxygen atoms in total. The Bertz CT molecular complexity index is 658. The van der Waals surface area contributed by atoms with Gasteiger partial charge in [0.05, 0.1) is 21.3 Å². The van der Waals surface area contributed by atoms with Gasteiger partial charge >= 0.3 is 17.9 Å². The summed E-state index contributed by atoms with van der Waals surface area (Å²) in [6, 6.07) is 4.67. The van der Waals surface area contributed by atoms with E-state index in [2.05, 4.69) is 19.5 Å². The van der Waals surface area contributed by atoms with Crippen molar-refractivity contribution in [3.63, 3.8) is 0 Å². The molecule has 0 unspecified atom stereocenters. The minimum absolute atomic E-state index is 0.239. The van der Waals surface area contributed by atoms with Crippen molar-refractivity contribution in [2.24, 2.45) is 11.8 Å². The Labute approximate surface area is 155 Å². The highest BCUT2D eigenvalue weighted by Gasteiger charge is 2.42. The van der Waals surface area contributed by atoms with Gasteiger partial charge in [-0.05, 0) is 24.3 Å². The quantitative estimate of drug-likeness (QED) is 0.427. The van der Waals surface area contributed by atoms with Gasteiger partial charge in [0.15, 0.2) is 5.92 Å². The fraction of sp³-hybridized carbons (Fsp3) is 0.412. The van der Waals surface area contributed by atoms with E-state index >= 15 is 0 Å². The van der Waals surface area contributed by atoms with Gasteiger partial charge in [0.1, 0.15) is 6.04 Å². The lowest BCUT2D eigenvalue weighted by Gasteiger charge is -2.27. The van der Waals surface area contributed by atoms with Crippen LogP contribution in [-0.2, 0) is 28.6 Å². The predicted molar refractivity (Wildman–Crippen MR) is 91.4 cm³/mol. The summed E-state index contributed by atoms with van der Waals surface area (Å²) in [5.74, 6) is -5.61. The third-order valence-corrected chi connectivity index (χ3v) is 4.06. The molecule has 2 atom stereocenters. The van der Waals surface area contributed by atoms with Gasteiger partial charge in [-0.1, -0.05) is 18.5 Å². The van der Waals surface area contributed by atoms with Crippen LogP contribution in [0.4, 0.5) is 0 Å². The molecule has 1 aromatic carbocycles. The molecular weight excluding hydrogens is 366 g/mol. The second-order valence-corrected chi connectivity index (χ2v) is 5.80. The molecule has 0 aliphatic rings. The number of halogens is 1. The van der Waals surface area contributed by atoms with E-state index in [1.54, 1.807) is 0 Å². The number of carbonyl (C=O) groups excluding carboxylic acids is 4. The van der Waals surface area contributed by atoms with E-state index < -0.39 is 41.7 Å². The Morgan fingerprint density at radius 3 is 1.77 bits per heavy atom. The minimum atomic E-state index is -1.42. The zero-order valence-electron chi connectivity index (χ0n) is 14.8. The summed E-state index contributed by atoms with van der Waals surface area (Å²) >= 11 is 5.78. The van der Waals surface area contributed by atoms with Gasteiger partial charge in [-0.25, -0.2) is 4.79 Å². The van der Waals surface area contributed by atoms with Gasteiger partial charge in [-0.2, -0.15) is 0 Å². The first-order valence-corrected chi connectivity index (χ1v) is 7.94. The molecule has 0 fully saturated rings. The summed E-state index contributed by atoms with van der Waals surface area (Å²) in [7, 11) is 3.33. The van der Waals surface area contributed by atoms with Crippen LogP contribution in [0, 0.1) is 11.8 Å². The molecule has 0 spiro atoms. The maximum atomic E-state index is 12.4. The van der Waals surface area contributed by atoms with Gasteiger partial charge in [0, 0.05) is 16.5 Å². The van der Waals surface area contributed by atoms with Crippen molar-refractivity contribution in [2.45, 2.75) is 13.0 Å². The first kappa shape index (κ1) is 21.4. The van der Waals surface area contributed by atoms with Crippen LogP contribution in [0.3, 0.4) is 0 Å². The standard InChI is InChI=1S/C17H20ClNO7/c1-9(12(15(21)24-2)16(22)25-3)13(17(23)26-4)19-14(20)10-5-7-11(18)8-6-10/h5-9,12-13H,1-4H3,(H,19,20)/t9-,13+/m0/s1. The lowest BCUT2D eigenvalue weighted by atomic mass is 9.87. The number of esters is 3. The third-order valence-electron chi connectivity index (χ3n) is 3.81. The van der Waals surface area contributed by atoms with E-state index in [0.29, 0.717) is 5.02 Å².